The number of aromatic nitrogens is 4. The standard InChI is InChI=1S/C13H15N5S/c1-8-9(2)19-13-11(8)12(16-7-17-13)18-6-5-15-10(18)3-4-14/h5-7H,3-4,14H2,1-2H3. The van der Waals surface area contributed by atoms with Gasteiger partial charge in [0.25, 0.3) is 0 Å². The number of imidazole rings is 1. The van der Waals surface area contributed by atoms with Gasteiger partial charge in [-0.25, -0.2) is 15.0 Å². The first-order valence-electron chi connectivity index (χ1n) is 6.15. The van der Waals surface area contributed by atoms with Crippen molar-refractivity contribution in [3.05, 3.63) is 35.0 Å². The lowest BCUT2D eigenvalue weighted by Crippen LogP contribution is -2.10. The maximum Gasteiger partial charge on any atom is 0.150 e. The van der Waals surface area contributed by atoms with Crippen LogP contribution in [0.5, 0.6) is 0 Å². The summed E-state index contributed by atoms with van der Waals surface area (Å²) in [5, 5.41) is 1.11. The summed E-state index contributed by atoms with van der Waals surface area (Å²) < 4.78 is 2.01. The van der Waals surface area contributed by atoms with Crippen molar-refractivity contribution in [1.29, 1.82) is 0 Å². The van der Waals surface area contributed by atoms with Crippen LogP contribution in [0.2, 0.25) is 0 Å². The number of hydrogen-bond donors (Lipinski definition) is 1. The Hall–Kier alpha value is -1.79. The third-order valence-electron chi connectivity index (χ3n) is 3.26. The minimum absolute atomic E-state index is 0.576. The lowest BCUT2D eigenvalue weighted by Gasteiger charge is -2.07. The summed E-state index contributed by atoms with van der Waals surface area (Å²) in [7, 11) is 0. The van der Waals surface area contributed by atoms with Gasteiger partial charge in [0.15, 0.2) is 5.82 Å². The van der Waals surface area contributed by atoms with E-state index < -0.39 is 0 Å². The van der Waals surface area contributed by atoms with E-state index in [4.69, 9.17) is 5.73 Å². The van der Waals surface area contributed by atoms with Crippen LogP contribution >= 0.6 is 11.3 Å². The molecule has 5 nitrogen and oxygen atoms in total. The van der Waals surface area contributed by atoms with Gasteiger partial charge in [0.2, 0.25) is 0 Å². The Morgan fingerprint density at radius 1 is 1.26 bits per heavy atom. The van der Waals surface area contributed by atoms with E-state index in [2.05, 4.69) is 28.8 Å². The topological polar surface area (TPSA) is 69.6 Å². The SMILES string of the molecule is Cc1sc2ncnc(-n3ccnc3CCN)c2c1C. The molecular weight excluding hydrogens is 258 g/mol. The molecule has 3 aromatic rings. The van der Waals surface area contributed by atoms with Crippen molar-refractivity contribution in [2.24, 2.45) is 5.73 Å². The quantitative estimate of drug-likeness (QED) is 0.792. The van der Waals surface area contributed by atoms with Crippen LogP contribution in [0, 0.1) is 13.8 Å². The fourth-order valence-electron chi connectivity index (χ4n) is 2.19. The monoisotopic (exact) mass is 273 g/mol. The highest BCUT2D eigenvalue weighted by molar-refractivity contribution is 7.18. The van der Waals surface area contributed by atoms with Crippen molar-refractivity contribution in [1.82, 2.24) is 19.5 Å². The molecule has 0 bridgehead atoms. The zero-order valence-corrected chi connectivity index (χ0v) is 11.7. The van der Waals surface area contributed by atoms with E-state index in [1.54, 1.807) is 23.9 Å². The number of aryl methyl sites for hydroxylation is 2. The second kappa shape index (κ2) is 4.71. The van der Waals surface area contributed by atoms with Crippen LogP contribution in [0.4, 0.5) is 0 Å². The van der Waals surface area contributed by atoms with E-state index in [1.807, 2.05) is 10.8 Å². The van der Waals surface area contributed by atoms with E-state index >= 15 is 0 Å². The van der Waals surface area contributed by atoms with Crippen LogP contribution in [-0.4, -0.2) is 26.1 Å². The van der Waals surface area contributed by atoms with E-state index in [0.29, 0.717) is 6.54 Å². The van der Waals surface area contributed by atoms with Crippen molar-refractivity contribution in [3.8, 4) is 5.82 Å². The molecule has 19 heavy (non-hydrogen) atoms. The number of nitrogens with two attached hydrogens (primary N) is 1. The normalized spacial score (nSPS) is 11.3. The van der Waals surface area contributed by atoms with Gasteiger partial charge in [-0.15, -0.1) is 11.3 Å². The van der Waals surface area contributed by atoms with Gasteiger partial charge < -0.3 is 5.73 Å². The fraction of sp³-hybridized carbons (Fsp3) is 0.308. The van der Waals surface area contributed by atoms with Crippen LogP contribution in [0.3, 0.4) is 0 Å². The first kappa shape index (κ1) is 12.3. The summed E-state index contributed by atoms with van der Waals surface area (Å²) in [6.07, 6.45) is 6.06. The van der Waals surface area contributed by atoms with Crippen molar-refractivity contribution >= 4 is 21.6 Å². The van der Waals surface area contributed by atoms with Crippen molar-refractivity contribution < 1.29 is 0 Å². The highest BCUT2D eigenvalue weighted by atomic mass is 32.1. The molecule has 0 amide bonds. The molecule has 0 aliphatic rings. The molecule has 0 aromatic carbocycles. The van der Waals surface area contributed by atoms with Gasteiger partial charge in [0.05, 0.1) is 5.39 Å². The first-order valence-corrected chi connectivity index (χ1v) is 6.97. The Balaban J connectivity index is 2.27. The molecule has 0 aliphatic carbocycles. The van der Waals surface area contributed by atoms with Crippen molar-refractivity contribution in [2.75, 3.05) is 6.54 Å². The first-order chi connectivity index (χ1) is 9.22. The van der Waals surface area contributed by atoms with E-state index in [1.165, 1.54) is 10.4 Å². The minimum Gasteiger partial charge on any atom is -0.330 e. The molecular formula is C13H15N5S. The zero-order chi connectivity index (χ0) is 13.4. The number of nitrogens with zero attached hydrogens (tertiary/aromatic N) is 4. The van der Waals surface area contributed by atoms with Crippen LogP contribution in [0.25, 0.3) is 16.0 Å². The average Bonchev–Trinajstić information content (AvgIpc) is 2.96. The van der Waals surface area contributed by atoms with Crippen LogP contribution in [0.15, 0.2) is 18.7 Å². The summed E-state index contributed by atoms with van der Waals surface area (Å²) >= 11 is 1.70. The predicted octanol–water partition coefficient (Wildman–Crippen LogP) is 2.00. The Kier molecular flexibility index (Phi) is 3.04. The number of thiophene rings is 1. The molecule has 0 saturated carbocycles. The third-order valence-corrected chi connectivity index (χ3v) is 4.37. The zero-order valence-electron chi connectivity index (χ0n) is 10.9. The lowest BCUT2D eigenvalue weighted by atomic mass is 10.2. The fourth-order valence-corrected chi connectivity index (χ4v) is 3.18. The summed E-state index contributed by atoms with van der Waals surface area (Å²) in [6, 6.07) is 0. The van der Waals surface area contributed by atoms with E-state index in [9.17, 15) is 0 Å². The van der Waals surface area contributed by atoms with Gasteiger partial charge in [-0.2, -0.15) is 0 Å². The summed E-state index contributed by atoms with van der Waals surface area (Å²) in [6.45, 7) is 4.80. The van der Waals surface area contributed by atoms with Crippen molar-refractivity contribution in [3.63, 3.8) is 0 Å². The Labute approximate surface area is 115 Å². The maximum absolute atomic E-state index is 5.63. The molecule has 3 aromatic heterocycles. The van der Waals surface area contributed by atoms with Gasteiger partial charge in [-0.05, 0) is 26.0 Å². The maximum atomic E-state index is 5.63. The molecule has 6 heteroatoms. The molecule has 3 rings (SSSR count). The number of rotatable bonds is 3. The molecule has 0 saturated heterocycles. The Morgan fingerprint density at radius 3 is 2.89 bits per heavy atom. The number of hydrogen-bond acceptors (Lipinski definition) is 5. The van der Waals surface area contributed by atoms with E-state index in [0.717, 1.165) is 28.3 Å². The minimum atomic E-state index is 0.576. The molecule has 98 valence electrons. The summed E-state index contributed by atoms with van der Waals surface area (Å²) in [5.74, 6) is 1.83. The van der Waals surface area contributed by atoms with Gasteiger partial charge in [0, 0.05) is 23.7 Å². The van der Waals surface area contributed by atoms with Crippen LogP contribution in [0.1, 0.15) is 16.3 Å². The largest absolute Gasteiger partial charge is 0.330 e. The van der Waals surface area contributed by atoms with Crippen LogP contribution < -0.4 is 5.73 Å². The smallest absolute Gasteiger partial charge is 0.150 e. The summed E-state index contributed by atoms with van der Waals surface area (Å²) in [5.41, 5.74) is 6.87. The predicted molar refractivity (Wildman–Crippen MR) is 76.8 cm³/mol. The highest BCUT2D eigenvalue weighted by Gasteiger charge is 2.15. The Morgan fingerprint density at radius 2 is 2.11 bits per heavy atom. The average molecular weight is 273 g/mol. The highest BCUT2D eigenvalue weighted by Crippen LogP contribution is 2.31. The molecule has 0 unspecified atom stereocenters. The Bertz CT molecular complexity index is 728. The molecule has 0 aliphatic heterocycles. The lowest BCUT2D eigenvalue weighted by molar-refractivity contribution is 0.825. The van der Waals surface area contributed by atoms with Gasteiger partial charge >= 0.3 is 0 Å². The molecule has 0 fully saturated rings. The molecule has 0 radical (unpaired) electrons. The molecule has 2 N–H and O–H groups in total. The second-order valence-electron chi connectivity index (χ2n) is 4.41. The van der Waals surface area contributed by atoms with Crippen molar-refractivity contribution in [2.45, 2.75) is 20.3 Å². The third kappa shape index (κ3) is 1.93. The molecule has 0 spiro atoms. The molecule has 3 heterocycles. The molecule has 0 atom stereocenters. The van der Waals surface area contributed by atoms with E-state index in [-0.39, 0.29) is 0 Å². The number of fused-ring (bicyclic) bond motifs is 1. The van der Waals surface area contributed by atoms with Gasteiger partial charge in [-0.1, -0.05) is 0 Å². The second-order valence-corrected chi connectivity index (χ2v) is 5.62. The summed E-state index contributed by atoms with van der Waals surface area (Å²) in [4.78, 5) is 15.4. The van der Waals surface area contributed by atoms with Gasteiger partial charge in [-0.3, -0.25) is 4.57 Å². The van der Waals surface area contributed by atoms with Gasteiger partial charge in [0.1, 0.15) is 17.0 Å². The van der Waals surface area contributed by atoms with Crippen LogP contribution in [-0.2, 0) is 6.42 Å².